The van der Waals surface area contributed by atoms with Crippen LogP contribution >= 0.6 is 0 Å². The molecule has 0 saturated heterocycles. The van der Waals surface area contributed by atoms with Gasteiger partial charge in [0.1, 0.15) is 6.33 Å². The predicted octanol–water partition coefficient (Wildman–Crippen LogP) is 1.72. The van der Waals surface area contributed by atoms with E-state index in [1.54, 1.807) is 10.6 Å². The minimum absolute atomic E-state index is 0.0135. The number of hydrogen-bond donors (Lipinski definition) is 1. The number of aromatic carboxylic acids is 1. The summed E-state index contributed by atoms with van der Waals surface area (Å²) in [6.07, 6.45) is 5.03. The Morgan fingerprint density at radius 1 is 1.38 bits per heavy atom. The van der Waals surface area contributed by atoms with Gasteiger partial charge in [-0.15, -0.1) is 0 Å². The quantitative estimate of drug-likeness (QED) is 0.793. The Hall–Kier alpha value is -1.91. The third-order valence-corrected chi connectivity index (χ3v) is 2.44. The van der Waals surface area contributed by atoms with Crippen molar-refractivity contribution in [2.45, 2.75) is 26.2 Å². The van der Waals surface area contributed by atoms with Crippen LogP contribution in [0.3, 0.4) is 0 Å². The minimum atomic E-state index is -1.06. The van der Waals surface area contributed by atoms with E-state index in [1.165, 1.54) is 6.33 Å². The molecule has 1 N–H and O–H groups in total. The summed E-state index contributed by atoms with van der Waals surface area (Å²) in [4.78, 5) is 18.8. The Morgan fingerprint density at radius 3 is 2.62 bits per heavy atom. The molecule has 0 atom stereocenters. The molecule has 2 aromatic rings. The first-order valence-electron chi connectivity index (χ1n) is 4.96. The Labute approximate surface area is 92.8 Å². The van der Waals surface area contributed by atoms with Crippen molar-refractivity contribution in [2.24, 2.45) is 0 Å². The highest BCUT2D eigenvalue weighted by Gasteiger charge is 2.17. The molecule has 0 spiro atoms. The van der Waals surface area contributed by atoms with Crippen LogP contribution in [-0.2, 0) is 5.41 Å². The molecule has 0 aliphatic rings. The number of rotatable bonds is 1. The van der Waals surface area contributed by atoms with E-state index in [-0.39, 0.29) is 11.1 Å². The van der Waals surface area contributed by atoms with Gasteiger partial charge in [0, 0.05) is 12.4 Å². The van der Waals surface area contributed by atoms with Crippen LogP contribution in [0, 0.1) is 0 Å². The number of nitrogens with zero attached hydrogens (tertiary/aromatic N) is 3. The number of aromatic nitrogens is 3. The second kappa shape index (κ2) is 3.30. The van der Waals surface area contributed by atoms with Crippen LogP contribution in [0.5, 0.6) is 0 Å². The van der Waals surface area contributed by atoms with Crippen LogP contribution in [0.1, 0.15) is 36.8 Å². The Balaban J connectivity index is 2.62. The molecule has 5 heteroatoms. The monoisotopic (exact) mass is 219 g/mol. The van der Waals surface area contributed by atoms with Gasteiger partial charge in [0.15, 0.2) is 11.3 Å². The second-order valence-electron chi connectivity index (χ2n) is 4.72. The van der Waals surface area contributed by atoms with Crippen LogP contribution in [0.25, 0.3) is 5.65 Å². The number of carbonyl (C=O) groups is 1. The molecule has 0 aliphatic carbocycles. The van der Waals surface area contributed by atoms with Gasteiger partial charge in [0.05, 0.1) is 0 Å². The fraction of sp³-hybridized carbons (Fsp3) is 0.364. The maximum absolute atomic E-state index is 10.8. The Bertz CT molecular complexity index is 552. The first-order valence-corrected chi connectivity index (χ1v) is 4.96. The molecular formula is C11H13N3O2. The second-order valence-corrected chi connectivity index (χ2v) is 4.72. The van der Waals surface area contributed by atoms with Crippen LogP contribution in [-0.4, -0.2) is 25.4 Å². The maximum atomic E-state index is 10.8. The van der Waals surface area contributed by atoms with Crippen LogP contribution in [0.2, 0.25) is 0 Å². The van der Waals surface area contributed by atoms with E-state index in [1.807, 2.05) is 6.20 Å². The van der Waals surface area contributed by atoms with E-state index in [2.05, 4.69) is 30.7 Å². The van der Waals surface area contributed by atoms with Crippen LogP contribution in [0.15, 0.2) is 18.7 Å². The van der Waals surface area contributed by atoms with Gasteiger partial charge in [-0.2, -0.15) is 0 Å². The summed E-state index contributed by atoms with van der Waals surface area (Å²) in [5.74, 6) is -1.06. The third kappa shape index (κ3) is 1.64. The zero-order valence-corrected chi connectivity index (χ0v) is 9.43. The number of carboxylic acid groups (broad SMARTS) is 1. The van der Waals surface area contributed by atoms with Crippen molar-refractivity contribution in [3.8, 4) is 0 Å². The number of hydrogen-bond acceptors (Lipinski definition) is 3. The maximum Gasteiger partial charge on any atom is 0.358 e. The van der Waals surface area contributed by atoms with Crippen LogP contribution in [0.4, 0.5) is 0 Å². The molecule has 0 bridgehead atoms. The summed E-state index contributed by atoms with van der Waals surface area (Å²) in [6.45, 7) is 6.22. The van der Waals surface area contributed by atoms with E-state index < -0.39 is 5.97 Å². The largest absolute Gasteiger partial charge is 0.476 e. The molecular weight excluding hydrogens is 206 g/mol. The third-order valence-electron chi connectivity index (χ3n) is 2.44. The summed E-state index contributed by atoms with van der Waals surface area (Å²) < 4.78 is 1.64. The molecule has 0 aliphatic heterocycles. The van der Waals surface area contributed by atoms with Gasteiger partial charge in [-0.05, 0) is 11.0 Å². The molecule has 2 heterocycles. The zero-order chi connectivity index (χ0) is 11.9. The van der Waals surface area contributed by atoms with Crippen molar-refractivity contribution < 1.29 is 9.90 Å². The van der Waals surface area contributed by atoms with E-state index in [4.69, 9.17) is 5.11 Å². The normalized spacial score (nSPS) is 11.9. The average molecular weight is 219 g/mol. The Morgan fingerprint density at radius 2 is 2.06 bits per heavy atom. The summed E-state index contributed by atoms with van der Waals surface area (Å²) in [5, 5.41) is 8.89. The standard InChI is InChI=1S/C11H13N3O2/c1-11(2,3)7-4-12-9-8(10(15)16)13-6-14(9)5-7/h4-6H,1-3H3,(H,15,16). The van der Waals surface area contributed by atoms with Gasteiger partial charge in [-0.1, -0.05) is 20.8 Å². The topological polar surface area (TPSA) is 67.5 Å². The van der Waals surface area contributed by atoms with Gasteiger partial charge in [0.2, 0.25) is 0 Å². The van der Waals surface area contributed by atoms with Crippen molar-refractivity contribution in [3.05, 3.63) is 30.0 Å². The summed E-state index contributed by atoms with van der Waals surface area (Å²) in [6, 6.07) is 0. The lowest BCUT2D eigenvalue weighted by Gasteiger charge is -2.18. The summed E-state index contributed by atoms with van der Waals surface area (Å²) in [5.41, 5.74) is 1.38. The molecule has 16 heavy (non-hydrogen) atoms. The highest BCUT2D eigenvalue weighted by Crippen LogP contribution is 2.21. The lowest BCUT2D eigenvalue weighted by Crippen LogP contribution is -2.12. The fourth-order valence-corrected chi connectivity index (χ4v) is 1.43. The molecule has 5 nitrogen and oxygen atoms in total. The average Bonchev–Trinajstić information content (AvgIpc) is 2.58. The van der Waals surface area contributed by atoms with Crippen molar-refractivity contribution >= 4 is 11.6 Å². The fourth-order valence-electron chi connectivity index (χ4n) is 1.43. The number of fused-ring (bicyclic) bond motifs is 1. The molecule has 0 unspecified atom stereocenters. The van der Waals surface area contributed by atoms with Crippen LogP contribution < -0.4 is 0 Å². The predicted molar refractivity (Wildman–Crippen MR) is 58.6 cm³/mol. The van der Waals surface area contributed by atoms with Crippen molar-refractivity contribution in [1.82, 2.24) is 14.4 Å². The van der Waals surface area contributed by atoms with E-state index >= 15 is 0 Å². The van der Waals surface area contributed by atoms with Gasteiger partial charge in [-0.25, -0.2) is 14.8 Å². The minimum Gasteiger partial charge on any atom is -0.476 e. The SMILES string of the molecule is CC(C)(C)c1cnc2c(C(=O)O)ncn2c1. The van der Waals surface area contributed by atoms with Gasteiger partial charge in [0.25, 0.3) is 0 Å². The lowest BCUT2D eigenvalue weighted by molar-refractivity contribution is 0.0693. The smallest absolute Gasteiger partial charge is 0.358 e. The van der Waals surface area contributed by atoms with E-state index in [0.29, 0.717) is 5.65 Å². The lowest BCUT2D eigenvalue weighted by atomic mass is 9.89. The van der Waals surface area contributed by atoms with Crippen molar-refractivity contribution in [2.75, 3.05) is 0 Å². The van der Waals surface area contributed by atoms with Gasteiger partial charge < -0.3 is 5.11 Å². The number of carboxylic acids is 1. The molecule has 0 amide bonds. The summed E-state index contributed by atoms with van der Waals surface area (Å²) in [7, 11) is 0. The highest BCUT2D eigenvalue weighted by atomic mass is 16.4. The first kappa shape index (κ1) is 10.6. The molecule has 0 saturated carbocycles. The molecule has 84 valence electrons. The van der Waals surface area contributed by atoms with Gasteiger partial charge >= 0.3 is 5.97 Å². The molecule has 0 radical (unpaired) electrons. The summed E-state index contributed by atoms with van der Waals surface area (Å²) >= 11 is 0. The molecule has 2 rings (SSSR count). The first-order chi connectivity index (χ1) is 7.39. The zero-order valence-electron chi connectivity index (χ0n) is 9.43. The van der Waals surface area contributed by atoms with E-state index in [9.17, 15) is 4.79 Å². The Kier molecular flexibility index (Phi) is 2.18. The molecule has 0 aromatic carbocycles. The highest BCUT2D eigenvalue weighted by molar-refractivity contribution is 5.92. The van der Waals surface area contributed by atoms with Gasteiger partial charge in [-0.3, -0.25) is 4.40 Å². The number of imidazole rings is 1. The van der Waals surface area contributed by atoms with Crippen molar-refractivity contribution in [3.63, 3.8) is 0 Å². The molecule has 2 aromatic heterocycles. The van der Waals surface area contributed by atoms with E-state index in [0.717, 1.165) is 5.56 Å². The molecule has 0 fully saturated rings. The van der Waals surface area contributed by atoms with Crippen molar-refractivity contribution in [1.29, 1.82) is 0 Å².